The van der Waals surface area contributed by atoms with Crippen molar-refractivity contribution in [2.75, 3.05) is 39.4 Å². The third-order valence-corrected chi connectivity index (χ3v) is 5.09. The van der Waals surface area contributed by atoms with Crippen LogP contribution in [0.1, 0.15) is 52.4 Å². The second-order valence-corrected chi connectivity index (χ2v) is 6.67. The van der Waals surface area contributed by atoms with Crippen molar-refractivity contribution in [3.8, 4) is 0 Å². The van der Waals surface area contributed by atoms with Crippen molar-refractivity contribution < 1.29 is 4.74 Å². The van der Waals surface area contributed by atoms with Gasteiger partial charge in [-0.05, 0) is 51.2 Å². The standard InChI is InChI=1S/C17H34N2O/c1-3-6-15-7-5-10-19(11-8-15)13-17(18-4-2)16-9-12-20-14-16/h15-18H,3-14H2,1-2H3. The van der Waals surface area contributed by atoms with Gasteiger partial charge in [-0.1, -0.05) is 26.7 Å². The summed E-state index contributed by atoms with van der Waals surface area (Å²) in [5, 5.41) is 3.71. The number of nitrogens with zero attached hydrogens (tertiary/aromatic N) is 1. The highest BCUT2D eigenvalue weighted by molar-refractivity contribution is 4.83. The van der Waals surface area contributed by atoms with Crippen molar-refractivity contribution >= 4 is 0 Å². The normalized spacial score (nSPS) is 30.3. The lowest BCUT2D eigenvalue weighted by molar-refractivity contribution is 0.161. The molecule has 0 radical (unpaired) electrons. The van der Waals surface area contributed by atoms with Gasteiger partial charge in [-0.3, -0.25) is 0 Å². The number of ether oxygens (including phenoxy) is 1. The van der Waals surface area contributed by atoms with E-state index in [1.54, 1.807) is 0 Å². The molecule has 3 unspecified atom stereocenters. The molecule has 20 heavy (non-hydrogen) atoms. The molecule has 0 saturated carbocycles. The maximum atomic E-state index is 5.59. The van der Waals surface area contributed by atoms with Gasteiger partial charge in [0.15, 0.2) is 0 Å². The number of likely N-dealkylation sites (N-methyl/N-ethyl adjacent to an activating group) is 1. The van der Waals surface area contributed by atoms with E-state index in [2.05, 4.69) is 24.1 Å². The fourth-order valence-electron chi connectivity index (χ4n) is 3.90. The maximum Gasteiger partial charge on any atom is 0.0510 e. The predicted molar refractivity (Wildman–Crippen MR) is 85.1 cm³/mol. The Kier molecular flexibility index (Phi) is 7.32. The van der Waals surface area contributed by atoms with E-state index < -0.39 is 0 Å². The molecule has 2 saturated heterocycles. The maximum absolute atomic E-state index is 5.59. The van der Waals surface area contributed by atoms with Crippen LogP contribution in [0.5, 0.6) is 0 Å². The molecular formula is C17H34N2O. The topological polar surface area (TPSA) is 24.5 Å². The first kappa shape index (κ1) is 16.3. The first-order valence-electron chi connectivity index (χ1n) is 8.87. The molecule has 3 nitrogen and oxygen atoms in total. The molecule has 2 heterocycles. The summed E-state index contributed by atoms with van der Waals surface area (Å²) in [6, 6.07) is 0.630. The van der Waals surface area contributed by atoms with E-state index >= 15 is 0 Å². The molecule has 0 aromatic rings. The van der Waals surface area contributed by atoms with Gasteiger partial charge >= 0.3 is 0 Å². The minimum Gasteiger partial charge on any atom is -0.381 e. The zero-order valence-corrected chi connectivity index (χ0v) is 13.6. The number of hydrogen-bond acceptors (Lipinski definition) is 3. The van der Waals surface area contributed by atoms with E-state index in [1.807, 2.05) is 0 Å². The third kappa shape index (κ3) is 5.01. The SMILES string of the molecule is CCCC1CCCN(CC(NCC)C2CCOC2)CC1. The fraction of sp³-hybridized carbons (Fsp3) is 1.00. The van der Waals surface area contributed by atoms with Crippen molar-refractivity contribution in [1.82, 2.24) is 10.2 Å². The summed E-state index contributed by atoms with van der Waals surface area (Å²) in [6.07, 6.45) is 8.27. The average molecular weight is 282 g/mol. The Bertz CT molecular complexity index is 253. The van der Waals surface area contributed by atoms with Crippen molar-refractivity contribution in [3.63, 3.8) is 0 Å². The lowest BCUT2D eigenvalue weighted by atomic mass is 9.96. The minimum absolute atomic E-state index is 0.630. The van der Waals surface area contributed by atoms with Gasteiger partial charge in [-0.25, -0.2) is 0 Å². The number of hydrogen-bond donors (Lipinski definition) is 1. The number of nitrogens with one attached hydrogen (secondary N) is 1. The lowest BCUT2D eigenvalue weighted by Crippen LogP contribution is -2.46. The van der Waals surface area contributed by atoms with Crippen LogP contribution in [0.4, 0.5) is 0 Å². The van der Waals surface area contributed by atoms with Gasteiger partial charge in [-0.2, -0.15) is 0 Å². The molecule has 2 rings (SSSR count). The van der Waals surface area contributed by atoms with Gasteiger partial charge in [-0.15, -0.1) is 0 Å². The Balaban J connectivity index is 1.80. The third-order valence-electron chi connectivity index (χ3n) is 5.09. The monoisotopic (exact) mass is 282 g/mol. The summed E-state index contributed by atoms with van der Waals surface area (Å²) < 4.78 is 5.59. The Morgan fingerprint density at radius 3 is 2.80 bits per heavy atom. The Hall–Kier alpha value is -0.120. The fourth-order valence-corrected chi connectivity index (χ4v) is 3.90. The van der Waals surface area contributed by atoms with Gasteiger partial charge in [0.2, 0.25) is 0 Å². The smallest absolute Gasteiger partial charge is 0.0510 e. The van der Waals surface area contributed by atoms with Crippen LogP contribution < -0.4 is 5.32 Å². The molecule has 0 aromatic carbocycles. The summed E-state index contributed by atoms with van der Waals surface area (Å²) in [6.45, 7) is 11.4. The van der Waals surface area contributed by atoms with Gasteiger partial charge < -0.3 is 15.0 Å². The van der Waals surface area contributed by atoms with Crippen molar-refractivity contribution in [1.29, 1.82) is 0 Å². The largest absolute Gasteiger partial charge is 0.381 e. The first-order valence-corrected chi connectivity index (χ1v) is 8.87. The lowest BCUT2D eigenvalue weighted by Gasteiger charge is -2.30. The molecular weight excluding hydrogens is 248 g/mol. The molecule has 2 fully saturated rings. The van der Waals surface area contributed by atoms with E-state index in [0.29, 0.717) is 6.04 Å². The molecule has 0 amide bonds. The zero-order chi connectivity index (χ0) is 14.2. The predicted octanol–water partition coefficient (Wildman–Crippen LogP) is 2.90. The Morgan fingerprint density at radius 2 is 2.10 bits per heavy atom. The second kappa shape index (κ2) is 9.01. The van der Waals surface area contributed by atoms with Crippen LogP contribution >= 0.6 is 0 Å². The zero-order valence-electron chi connectivity index (χ0n) is 13.6. The summed E-state index contributed by atoms with van der Waals surface area (Å²) in [5.41, 5.74) is 0. The minimum atomic E-state index is 0.630. The van der Waals surface area contributed by atoms with E-state index in [9.17, 15) is 0 Å². The molecule has 2 aliphatic rings. The molecule has 0 spiro atoms. The van der Waals surface area contributed by atoms with Crippen LogP contribution in [-0.4, -0.2) is 50.3 Å². The summed E-state index contributed by atoms with van der Waals surface area (Å²) in [5.74, 6) is 1.71. The van der Waals surface area contributed by atoms with Gasteiger partial charge in [0.1, 0.15) is 0 Å². The van der Waals surface area contributed by atoms with E-state index in [1.165, 1.54) is 58.2 Å². The molecule has 0 aliphatic carbocycles. The van der Waals surface area contributed by atoms with E-state index in [0.717, 1.165) is 31.6 Å². The van der Waals surface area contributed by atoms with Crippen LogP contribution in [0.15, 0.2) is 0 Å². The molecule has 0 bridgehead atoms. The highest BCUT2D eigenvalue weighted by atomic mass is 16.5. The Morgan fingerprint density at radius 1 is 1.20 bits per heavy atom. The van der Waals surface area contributed by atoms with E-state index in [-0.39, 0.29) is 0 Å². The average Bonchev–Trinajstić information content (AvgIpc) is 2.89. The van der Waals surface area contributed by atoms with Crippen LogP contribution in [0.2, 0.25) is 0 Å². The molecule has 3 atom stereocenters. The number of likely N-dealkylation sites (tertiary alicyclic amines) is 1. The van der Waals surface area contributed by atoms with Crippen LogP contribution in [0.3, 0.4) is 0 Å². The quantitative estimate of drug-likeness (QED) is 0.777. The first-order chi connectivity index (χ1) is 9.83. The summed E-state index contributed by atoms with van der Waals surface area (Å²) >= 11 is 0. The van der Waals surface area contributed by atoms with Gasteiger partial charge in [0.25, 0.3) is 0 Å². The van der Waals surface area contributed by atoms with Crippen molar-refractivity contribution in [3.05, 3.63) is 0 Å². The van der Waals surface area contributed by atoms with Gasteiger partial charge in [0.05, 0.1) is 6.61 Å². The summed E-state index contributed by atoms with van der Waals surface area (Å²) in [4.78, 5) is 2.71. The second-order valence-electron chi connectivity index (χ2n) is 6.67. The number of rotatable bonds is 7. The van der Waals surface area contributed by atoms with Crippen molar-refractivity contribution in [2.45, 2.75) is 58.4 Å². The highest BCUT2D eigenvalue weighted by Crippen LogP contribution is 2.23. The molecule has 2 aliphatic heterocycles. The molecule has 3 heteroatoms. The molecule has 1 N–H and O–H groups in total. The van der Waals surface area contributed by atoms with Crippen molar-refractivity contribution in [2.24, 2.45) is 11.8 Å². The molecule has 0 aromatic heterocycles. The highest BCUT2D eigenvalue weighted by Gasteiger charge is 2.27. The van der Waals surface area contributed by atoms with Gasteiger partial charge in [0, 0.05) is 25.1 Å². The van der Waals surface area contributed by atoms with Crippen LogP contribution in [-0.2, 0) is 4.74 Å². The van der Waals surface area contributed by atoms with Crippen LogP contribution in [0.25, 0.3) is 0 Å². The molecule has 118 valence electrons. The van der Waals surface area contributed by atoms with E-state index in [4.69, 9.17) is 4.74 Å². The van der Waals surface area contributed by atoms with Crippen LogP contribution in [0, 0.1) is 11.8 Å². The Labute approximate surface area is 125 Å². The summed E-state index contributed by atoms with van der Waals surface area (Å²) in [7, 11) is 0.